The molecule has 0 radical (unpaired) electrons. The summed E-state index contributed by atoms with van der Waals surface area (Å²) in [4.78, 5) is 10.9. The zero-order valence-electron chi connectivity index (χ0n) is 11.3. The van der Waals surface area contributed by atoms with Crippen LogP contribution in [-0.4, -0.2) is 12.8 Å². The van der Waals surface area contributed by atoms with Crippen LogP contribution < -0.4 is 4.74 Å². The topological polar surface area (TPSA) is 59.3 Å². The summed E-state index contributed by atoms with van der Waals surface area (Å²) in [5, 5.41) is 8.77. The van der Waals surface area contributed by atoms with Crippen molar-refractivity contribution in [2.24, 2.45) is 0 Å². The molecule has 0 spiro atoms. The molecule has 0 aliphatic carbocycles. The van der Waals surface area contributed by atoms with Crippen molar-refractivity contribution < 1.29 is 14.3 Å². The van der Waals surface area contributed by atoms with Gasteiger partial charge in [0.1, 0.15) is 5.75 Å². The lowest BCUT2D eigenvalue weighted by molar-refractivity contribution is -0.144. The SMILES string of the molecule is C.C.C=CC(=O)OCOc1ccc(-c2ccc(C#N)cc2)cc1. The van der Waals surface area contributed by atoms with Gasteiger partial charge in [0.05, 0.1) is 11.6 Å². The summed E-state index contributed by atoms with van der Waals surface area (Å²) in [5.41, 5.74) is 2.65. The fraction of sp³-hybridized carbons (Fsp3) is 0.158. The van der Waals surface area contributed by atoms with Crippen LogP contribution in [0.5, 0.6) is 5.75 Å². The first-order valence-corrected chi connectivity index (χ1v) is 6.25. The van der Waals surface area contributed by atoms with Crippen molar-refractivity contribution >= 4 is 5.97 Å². The third kappa shape index (κ3) is 5.68. The summed E-state index contributed by atoms with van der Waals surface area (Å²) in [6.45, 7) is 3.14. The highest BCUT2D eigenvalue weighted by molar-refractivity contribution is 5.81. The molecule has 0 unspecified atom stereocenters. The lowest BCUT2D eigenvalue weighted by Gasteiger charge is -2.07. The number of benzene rings is 2. The Balaban J connectivity index is 0.00000242. The van der Waals surface area contributed by atoms with E-state index in [4.69, 9.17) is 14.7 Å². The monoisotopic (exact) mass is 311 g/mol. The predicted octanol–water partition coefficient (Wildman–Crippen LogP) is 4.56. The number of carbonyl (C=O) groups excluding carboxylic acids is 1. The van der Waals surface area contributed by atoms with Crippen LogP contribution in [0.1, 0.15) is 20.4 Å². The number of hydrogen-bond acceptors (Lipinski definition) is 4. The standard InChI is InChI=1S/C17H13NO3.2CH4/c1-2-17(19)21-12-20-16-9-7-15(8-10-16)14-5-3-13(11-18)4-6-14;;/h2-10H,1,12H2;2*1H4. The second kappa shape index (κ2) is 9.80. The Morgan fingerprint density at radius 1 is 1.04 bits per heavy atom. The van der Waals surface area contributed by atoms with Crippen LogP contribution in [0.15, 0.2) is 61.2 Å². The molecule has 0 heterocycles. The van der Waals surface area contributed by atoms with E-state index in [1.807, 2.05) is 24.3 Å². The largest absolute Gasteiger partial charge is 0.457 e. The van der Waals surface area contributed by atoms with Crippen LogP contribution in [0.3, 0.4) is 0 Å². The van der Waals surface area contributed by atoms with Crippen LogP contribution in [0.2, 0.25) is 0 Å². The second-order valence-corrected chi connectivity index (χ2v) is 4.14. The van der Waals surface area contributed by atoms with E-state index in [9.17, 15) is 4.79 Å². The van der Waals surface area contributed by atoms with Gasteiger partial charge in [0.25, 0.3) is 0 Å². The van der Waals surface area contributed by atoms with Crippen molar-refractivity contribution in [3.05, 3.63) is 66.7 Å². The molecule has 0 saturated heterocycles. The maximum Gasteiger partial charge on any atom is 0.333 e. The van der Waals surface area contributed by atoms with Gasteiger partial charge in [-0.05, 0) is 35.4 Å². The highest BCUT2D eigenvalue weighted by atomic mass is 16.7. The molecule has 0 bridgehead atoms. The molecule has 0 aliphatic rings. The van der Waals surface area contributed by atoms with Gasteiger partial charge in [-0.2, -0.15) is 5.26 Å². The maximum atomic E-state index is 10.9. The predicted molar refractivity (Wildman–Crippen MR) is 91.8 cm³/mol. The minimum absolute atomic E-state index is 0. The van der Waals surface area contributed by atoms with Gasteiger partial charge in [-0.25, -0.2) is 4.79 Å². The molecule has 0 aromatic heterocycles. The third-order valence-electron chi connectivity index (χ3n) is 2.80. The van der Waals surface area contributed by atoms with E-state index in [-0.39, 0.29) is 21.6 Å². The first kappa shape index (κ1) is 19.9. The molecule has 0 aliphatic heterocycles. The maximum absolute atomic E-state index is 10.9. The third-order valence-corrected chi connectivity index (χ3v) is 2.80. The first-order chi connectivity index (χ1) is 10.2. The van der Waals surface area contributed by atoms with E-state index < -0.39 is 5.97 Å². The van der Waals surface area contributed by atoms with E-state index in [1.54, 1.807) is 24.3 Å². The van der Waals surface area contributed by atoms with Crippen molar-refractivity contribution in [2.75, 3.05) is 6.79 Å². The molecule has 0 fully saturated rings. The molecule has 2 aromatic carbocycles. The fourth-order valence-corrected chi connectivity index (χ4v) is 1.70. The number of rotatable bonds is 5. The van der Waals surface area contributed by atoms with Crippen LogP contribution in [0.25, 0.3) is 11.1 Å². The Kier molecular flexibility index (Phi) is 8.50. The Labute approximate surface area is 137 Å². The Morgan fingerprint density at radius 3 is 2.04 bits per heavy atom. The lowest BCUT2D eigenvalue weighted by Crippen LogP contribution is -2.07. The van der Waals surface area contributed by atoms with Crippen molar-refractivity contribution in [1.29, 1.82) is 5.26 Å². The van der Waals surface area contributed by atoms with E-state index in [1.165, 1.54) is 0 Å². The number of hydrogen-bond donors (Lipinski definition) is 0. The number of carbonyl (C=O) groups is 1. The Hall–Kier alpha value is -3.06. The molecular formula is C19H21NO3. The molecule has 4 heteroatoms. The number of esters is 1. The molecule has 2 aromatic rings. The fourth-order valence-electron chi connectivity index (χ4n) is 1.70. The second-order valence-electron chi connectivity index (χ2n) is 4.14. The molecular weight excluding hydrogens is 290 g/mol. The molecule has 23 heavy (non-hydrogen) atoms. The minimum atomic E-state index is -0.524. The smallest absolute Gasteiger partial charge is 0.333 e. The normalized spacial score (nSPS) is 8.65. The van der Waals surface area contributed by atoms with Crippen molar-refractivity contribution in [1.82, 2.24) is 0 Å². The number of ether oxygens (including phenoxy) is 2. The molecule has 0 atom stereocenters. The van der Waals surface area contributed by atoms with Gasteiger partial charge in [-0.3, -0.25) is 0 Å². The molecule has 0 amide bonds. The number of nitriles is 1. The summed E-state index contributed by atoms with van der Waals surface area (Å²) >= 11 is 0. The molecule has 120 valence electrons. The molecule has 0 saturated carbocycles. The Bertz CT molecular complexity index is 667. The molecule has 0 N–H and O–H groups in total. The van der Waals surface area contributed by atoms with E-state index in [0.717, 1.165) is 17.2 Å². The summed E-state index contributed by atoms with van der Waals surface area (Å²) < 4.78 is 10.00. The highest BCUT2D eigenvalue weighted by Crippen LogP contribution is 2.22. The Morgan fingerprint density at radius 2 is 1.57 bits per heavy atom. The van der Waals surface area contributed by atoms with Crippen molar-refractivity contribution in [3.63, 3.8) is 0 Å². The first-order valence-electron chi connectivity index (χ1n) is 6.25. The van der Waals surface area contributed by atoms with Gasteiger partial charge in [0.15, 0.2) is 0 Å². The summed E-state index contributed by atoms with van der Waals surface area (Å²) in [5.74, 6) is 0.0773. The number of nitrogens with zero attached hydrogens (tertiary/aromatic N) is 1. The highest BCUT2D eigenvalue weighted by Gasteiger charge is 2.00. The van der Waals surface area contributed by atoms with Crippen LogP contribution in [0, 0.1) is 11.3 Å². The van der Waals surface area contributed by atoms with Crippen molar-refractivity contribution in [2.45, 2.75) is 14.9 Å². The van der Waals surface area contributed by atoms with E-state index in [2.05, 4.69) is 12.6 Å². The molecule has 2 rings (SSSR count). The lowest BCUT2D eigenvalue weighted by atomic mass is 10.0. The molecule has 4 nitrogen and oxygen atoms in total. The summed E-state index contributed by atoms with van der Waals surface area (Å²) in [7, 11) is 0. The van der Waals surface area contributed by atoms with Gasteiger partial charge in [0.2, 0.25) is 6.79 Å². The van der Waals surface area contributed by atoms with Gasteiger partial charge in [-0.15, -0.1) is 0 Å². The minimum Gasteiger partial charge on any atom is -0.457 e. The summed E-state index contributed by atoms with van der Waals surface area (Å²) in [6.07, 6.45) is 1.08. The van der Waals surface area contributed by atoms with Gasteiger partial charge in [0, 0.05) is 6.08 Å². The van der Waals surface area contributed by atoms with Gasteiger partial charge >= 0.3 is 5.97 Å². The van der Waals surface area contributed by atoms with E-state index >= 15 is 0 Å². The van der Waals surface area contributed by atoms with Crippen molar-refractivity contribution in [3.8, 4) is 22.9 Å². The average molecular weight is 311 g/mol. The van der Waals surface area contributed by atoms with Crippen LogP contribution >= 0.6 is 0 Å². The zero-order chi connectivity index (χ0) is 15.1. The van der Waals surface area contributed by atoms with Gasteiger partial charge in [-0.1, -0.05) is 45.7 Å². The average Bonchev–Trinajstić information content (AvgIpc) is 2.55. The summed E-state index contributed by atoms with van der Waals surface area (Å²) in [6, 6.07) is 16.8. The van der Waals surface area contributed by atoms with Crippen LogP contribution in [-0.2, 0) is 9.53 Å². The zero-order valence-corrected chi connectivity index (χ0v) is 11.3. The van der Waals surface area contributed by atoms with Gasteiger partial charge < -0.3 is 9.47 Å². The quantitative estimate of drug-likeness (QED) is 0.461. The van der Waals surface area contributed by atoms with Crippen LogP contribution in [0.4, 0.5) is 0 Å². The van der Waals surface area contributed by atoms with E-state index in [0.29, 0.717) is 11.3 Å².